The molecule has 2 N–H and O–H groups in total. The third kappa shape index (κ3) is 5.91. The number of rotatable bonds is 6. The highest BCUT2D eigenvalue weighted by molar-refractivity contribution is 5.93. The molecule has 0 unspecified atom stereocenters. The molecule has 0 bridgehead atoms. The number of hydrogen-bond acceptors (Lipinski definition) is 6. The minimum Gasteiger partial charge on any atom is -0.450 e. The molecule has 154 valence electrons. The average molecular weight is 397 g/mol. The topological polar surface area (TPSA) is 96.5 Å². The van der Waals surface area contributed by atoms with E-state index >= 15 is 0 Å². The minimum atomic E-state index is -0.261. The van der Waals surface area contributed by atoms with Gasteiger partial charge < -0.3 is 20.3 Å². The van der Waals surface area contributed by atoms with Gasteiger partial charge in [-0.05, 0) is 32.3 Å². The lowest BCUT2D eigenvalue weighted by Gasteiger charge is -2.31. The van der Waals surface area contributed by atoms with Gasteiger partial charge in [0.1, 0.15) is 0 Å². The number of carbonyl (C=O) groups is 2. The fraction of sp³-hybridized carbons (Fsp3) is 0.429. The molecule has 8 nitrogen and oxygen atoms in total. The van der Waals surface area contributed by atoms with E-state index in [2.05, 4.69) is 20.6 Å². The molecule has 2 amide bonds. The van der Waals surface area contributed by atoms with E-state index in [1.165, 1.54) is 12.4 Å². The second-order valence-electron chi connectivity index (χ2n) is 7.07. The third-order valence-electron chi connectivity index (χ3n) is 4.80. The standard InChI is InChI=1S/C21H27N5O3/c1-3-29-21(28)26-9-7-18(8-10-26)25-20-23-13-17(14-24-20)19(27)22-12-16-6-4-5-15(2)11-16/h4-6,11,13-14,18H,3,7-10,12H2,1-2H3,(H,22,27)(H,23,24,25). The predicted octanol–water partition coefficient (Wildman–Crippen LogP) is 2.75. The maximum atomic E-state index is 12.3. The number of nitrogens with zero attached hydrogens (tertiary/aromatic N) is 3. The molecule has 2 heterocycles. The van der Waals surface area contributed by atoms with Gasteiger partial charge in [-0.1, -0.05) is 29.8 Å². The summed E-state index contributed by atoms with van der Waals surface area (Å²) in [5.74, 6) is 0.274. The van der Waals surface area contributed by atoms with Gasteiger partial charge in [0.2, 0.25) is 5.95 Å². The molecule has 0 saturated carbocycles. The number of nitrogens with one attached hydrogen (secondary N) is 2. The Hall–Kier alpha value is -3.16. The molecule has 1 fully saturated rings. The molecule has 0 spiro atoms. The van der Waals surface area contributed by atoms with Crippen molar-refractivity contribution in [2.24, 2.45) is 0 Å². The first-order chi connectivity index (χ1) is 14.0. The van der Waals surface area contributed by atoms with Gasteiger partial charge >= 0.3 is 6.09 Å². The van der Waals surface area contributed by atoms with Crippen LogP contribution >= 0.6 is 0 Å². The van der Waals surface area contributed by atoms with Crippen molar-refractivity contribution in [1.82, 2.24) is 20.2 Å². The summed E-state index contributed by atoms with van der Waals surface area (Å²) in [6.07, 6.45) is 4.37. The molecular formula is C21H27N5O3. The van der Waals surface area contributed by atoms with Crippen molar-refractivity contribution in [3.63, 3.8) is 0 Å². The monoisotopic (exact) mass is 397 g/mol. The van der Waals surface area contributed by atoms with Crippen molar-refractivity contribution < 1.29 is 14.3 Å². The Labute approximate surface area is 170 Å². The molecule has 1 aromatic carbocycles. The summed E-state index contributed by atoms with van der Waals surface area (Å²) in [7, 11) is 0. The summed E-state index contributed by atoms with van der Waals surface area (Å²) < 4.78 is 5.03. The van der Waals surface area contributed by atoms with Crippen LogP contribution in [0.5, 0.6) is 0 Å². The van der Waals surface area contributed by atoms with E-state index in [1.807, 2.05) is 31.2 Å². The molecule has 0 radical (unpaired) electrons. The number of likely N-dealkylation sites (tertiary alicyclic amines) is 1. The van der Waals surface area contributed by atoms with Crippen molar-refractivity contribution >= 4 is 17.9 Å². The molecule has 29 heavy (non-hydrogen) atoms. The number of piperidine rings is 1. The smallest absolute Gasteiger partial charge is 0.409 e. The SMILES string of the molecule is CCOC(=O)N1CCC(Nc2ncc(C(=O)NCc3cccc(C)c3)cn2)CC1. The number of carbonyl (C=O) groups excluding carboxylic acids is 2. The van der Waals surface area contributed by atoms with E-state index < -0.39 is 0 Å². The van der Waals surface area contributed by atoms with Crippen LogP contribution in [0.15, 0.2) is 36.7 Å². The van der Waals surface area contributed by atoms with Gasteiger partial charge in [0.25, 0.3) is 5.91 Å². The van der Waals surface area contributed by atoms with Crippen molar-refractivity contribution in [3.05, 3.63) is 53.3 Å². The normalized spacial score (nSPS) is 14.3. The van der Waals surface area contributed by atoms with Crippen LogP contribution in [0.3, 0.4) is 0 Å². The number of hydrogen-bond donors (Lipinski definition) is 2. The maximum Gasteiger partial charge on any atom is 0.409 e. The fourth-order valence-corrected chi connectivity index (χ4v) is 3.23. The molecule has 8 heteroatoms. The largest absolute Gasteiger partial charge is 0.450 e. The predicted molar refractivity (Wildman–Crippen MR) is 110 cm³/mol. The van der Waals surface area contributed by atoms with Gasteiger partial charge in [0.15, 0.2) is 0 Å². The van der Waals surface area contributed by atoms with Gasteiger partial charge in [-0.2, -0.15) is 0 Å². The molecule has 2 aromatic rings. The number of ether oxygens (including phenoxy) is 1. The molecule has 1 saturated heterocycles. The lowest BCUT2D eigenvalue weighted by Crippen LogP contribution is -2.42. The molecule has 0 aliphatic carbocycles. The Balaban J connectivity index is 1.46. The van der Waals surface area contributed by atoms with E-state index in [0.717, 1.165) is 24.0 Å². The number of aromatic nitrogens is 2. The first kappa shape index (κ1) is 20.6. The maximum absolute atomic E-state index is 12.3. The Morgan fingerprint density at radius 2 is 1.93 bits per heavy atom. The lowest BCUT2D eigenvalue weighted by molar-refractivity contribution is 0.0949. The van der Waals surface area contributed by atoms with E-state index in [1.54, 1.807) is 11.8 Å². The van der Waals surface area contributed by atoms with Crippen molar-refractivity contribution in [2.75, 3.05) is 25.0 Å². The van der Waals surface area contributed by atoms with Crippen molar-refractivity contribution in [1.29, 1.82) is 0 Å². The van der Waals surface area contributed by atoms with Gasteiger partial charge in [0, 0.05) is 38.1 Å². The molecule has 3 rings (SSSR count). The van der Waals surface area contributed by atoms with Gasteiger partial charge in [0.05, 0.1) is 12.2 Å². The summed E-state index contributed by atoms with van der Waals surface area (Å²) in [4.78, 5) is 34.3. The Morgan fingerprint density at radius 1 is 1.21 bits per heavy atom. The highest BCUT2D eigenvalue weighted by Gasteiger charge is 2.23. The Bertz CT molecular complexity index is 832. The number of benzene rings is 1. The highest BCUT2D eigenvalue weighted by atomic mass is 16.6. The average Bonchev–Trinajstić information content (AvgIpc) is 2.73. The third-order valence-corrected chi connectivity index (χ3v) is 4.80. The van der Waals surface area contributed by atoms with Crippen LogP contribution in [-0.2, 0) is 11.3 Å². The van der Waals surface area contributed by atoms with E-state index in [0.29, 0.717) is 37.8 Å². The van der Waals surface area contributed by atoms with E-state index in [9.17, 15) is 9.59 Å². The molecular weight excluding hydrogens is 370 g/mol. The minimum absolute atomic E-state index is 0.182. The molecule has 1 aliphatic rings. The lowest BCUT2D eigenvalue weighted by atomic mass is 10.1. The molecule has 1 aromatic heterocycles. The summed E-state index contributed by atoms with van der Waals surface area (Å²) in [5, 5.41) is 6.15. The van der Waals surface area contributed by atoms with Crippen LogP contribution in [0.1, 0.15) is 41.3 Å². The van der Waals surface area contributed by atoms with Crippen LogP contribution in [0.25, 0.3) is 0 Å². The first-order valence-corrected chi connectivity index (χ1v) is 9.89. The molecule has 1 aliphatic heterocycles. The fourth-order valence-electron chi connectivity index (χ4n) is 3.23. The van der Waals surface area contributed by atoms with Crippen LogP contribution in [-0.4, -0.2) is 52.6 Å². The number of amides is 2. The molecule has 0 atom stereocenters. The van der Waals surface area contributed by atoms with Crippen LogP contribution in [0.2, 0.25) is 0 Å². The van der Waals surface area contributed by atoms with Crippen molar-refractivity contribution in [2.45, 2.75) is 39.3 Å². The zero-order valence-electron chi connectivity index (χ0n) is 16.9. The zero-order valence-corrected chi connectivity index (χ0v) is 16.9. The van der Waals surface area contributed by atoms with Crippen LogP contribution in [0, 0.1) is 6.92 Å². The summed E-state index contributed by atoms with van der Waals surface area (Å²) in [5.41, 5.74) is 2.62. The number of anilines is 1. The van der Waals surface area contributed by atoms with E-state index in [-0.39, 0.29) is 18.0 Å². The van der Waals surface area contributed by atoms with Gasteiger partial charge in [-0.15, -0.1) is 0 Å². The van der Waals surface area contributed by atoms with Crippen LogP contribution in [0.4, 0.5) is 10.7 Å². The summed E-state index contributed by atoms with van der Waals surface area (Å²) in [6.45, 7) is 5.93. The van der Waals surface area contributed by atoms with Crippen molar-refractivity contribution in [3.8, 4) is 0 Å². The zero-order chi connectivity index (χ0) is 20.6. The number of aryl methyl sites for hydroxylation is 1. The van der Waals surface area contributed by atoms with Gasteiger partial charge in [-0.3, -0.25) is 4.79 Å². The summed E-state index contributed by atoms with van der Waals surface area (Å²) in [6, 6.07) is 8.19. The Morgan fingerprint density at radius 3 is 2.59 bits per heavy atom. The Kier molecular flexibility index (Phi) is 6.99. The second kappa shape index (κ2) is 9.86. The van der Waals surface area contributed by atoms with Crippen LogP contribution < -0.4 is 10.6 Å². The second-order valence-corrected chi connectivity index (χ2v) is 7.07. The van der Waals surface area contributed by atoms with E-state index in [4.69, 9.17) is 4.74 Å². The van der Waals surface area contributed by atoms with Gasteiger partial charge in [-0.25, -0.2) is 14.8 Å². The summed E-state index contributed by atoms with van der Waals surface area (Å²) >= 11 is 0. The first-order valence-electron chi connectivity index (χ1n) is 9.89. The quantitative estimate of drug-likeness (QED) is 0.778. The highest BCUT2D eigenvalue weighted by Crippen LogP contribution is 2.15.